The number of hydrogen-bond donors (Lipinski definition) is 1. The standard InChI is InChI=1S/C11H14O3/c1-2-3-9-4-6-10(7-5-9)14-8-11(12)13/h4-7H,2-3,8H2,1H3,(H,12,13). The van der Waals surface area contributed by atoms with Crippen molar-refractivity contribution in [3.63, 3.8) is 0 Å². The topological polar surface area (TPSA) is 46.5 Å². The van der Waals surface area contributed by atoms with E-state index in [0.29, 0.717) is 5.75 Å². The van der Waals surface area contributed by atoms with Crippen LogP contribution in [-0.4, -0.2) is 17.7 Å². The van der Waals surface area contributed by atoms with E-state index in [4.69, 9.17) is 9.84 Å². The fourth-order valence-corrected chi connectivity index (χ4v) is 1.19. The maximum absolute atomic E-state index is 10.2. The molecule has 0 amide bonds. The molecule has 3 nitrogen and oxygen atoms in total. The highest BCUT2D eigenvalue weighted by molar-refractivity contribution is 5.68. The van der Waals surface area contributed by atoms with Gasteiger partial charge in [0.2, 0.25) is 0 Å². The Balaban J connectivity index is 2.50. The van der Waals surface area contributed by atoms with E-state index in [1.54, 1.807) is 12.1 Å². The maximum Gasteiger partial charge on any atom is 0.341 e. The van der Waals surface area contributed by atoms with Gasteiger partial charge < -0.3 is 9.84 Å². The summed E-state index contributed by atoms with van der Waals surface area (Å²) in [7, 11) is 0. The molecule has 0 saturated heterocycles. The van der Waals surface area contributed by atoms with Crippen LogP contribution < -0.4 is 4.74 Å². The Bertz CT molecular complexity index is 290. The normalized spacial score (nSPS) is 9.79. The molecule has 0 unspecified atom stereocenters. The molecular formula is C11H14O3. The third-order valence-electron chi connectivity index (χ3n) is 1.82. The zero-order chi connectivity index (χ0) is 10.4. The van der Waals surface area contributed by atoms with E-state index in [9.17, 15) is 4.79 Å². The molecule has 1 N–H and O–H groups in total. The molecule has 0 aliphatic rings. The highest BCUT2D eigenvalue weighted by Crippen LogP contribution is 2.12. The summed E-state index contributed by atoms with van der Waals surface area (Å²) < 4.78 is 5.00. The Kier molecular flexibility index (Phi) is 3.98. The molecule has 0 atom stereocenters. The van der Waals surface area contributed by atoms with Gasteiger partial charge in [-0.2, -0.15) is 0 Å². The van der Waals surface area contributed by atoms with Crippen molar-refractivity contribution in [2.24, 2.45) is 0 Å². The Morgan fingerprint density at radius 2 is 2.00 bits per heavy atom. The highest BCUT2D eigenvalue weighted by atomic mass is 16.5. The number of aliphatic carboxylic acids is 1. The van der Waals surface area contributed by atoms with Crippen LogP contribution >= 0.6 is 0 Å². The van der Waals surface area contributed by atoms with Gasteiger partial charge in [-0.1, -0.05) is 25.5 Å². The number of rotatable bonds is 5. The first-order chi connectivity index (χ1) is 6.72. The van der Waals surface area contributed by atoms with Crippen LogP contribution in [0.25, 0.3) is 0 Å². The van der Waals surface area contributed by atoms with Gasteiger partial charge in [0.15, 0.2) is 6.61 Å². The highest BCUT2D eigenvalue weighted by Gasteiger charge is 1.98. The maximum atomic E-state index is 10.2. The summed E-state index contributed by atoms with van der Waals surface area (Å²) in [6.07, 6.45) is 2.15. The fraction of sp³-hybridized carbons (Fsp3) is 0.364. The molecule has 1 rings (SSSR count). The largest absolute Gasteiger partial charge is 0.482 e. The van der Waals surface area contributed by atoms with Crippen molar-refractivity contribution >= 4 is 5.97 Å². The number of carboxylic acids is 1. The summed E-state index contributed by atoms with van der Waals surface area (Å²) in [5, 5.41) is 8.39. The van der Waals surface area contributed by atoms with Gasteiger partial charge in [0.1, 0.15) is 5.75 Å². The first-order valence-corrected chi connectivity index (χ1v) is 4.66. The second-order valence-corrected chi connectivity index (χ2v) is 3.08. The number of hydrogen-bond acceptors (Lipinski definition) is 2. The van der Waals surface area contributed by atoms with Crippen molar-refractivity contribution in [3.05, 3.63) is 29.8 Å². The third kappa shape index (κ3) is 3.47. The molecule has 0 bridgehead atoms. The Morgan fingerprint density at radius 3 is 2.50 bits per heavy atom. The van der Waals surface area contributed by atoms with Crippen molar-refractivity contribution in [2.75, 3.05) is 6.61 Å². The van der Waals surface area contributed by atoms with Gasteiger partial charge >= 0.3 is 5.97 Å². The van der Waals surface area contributed by atoms with E-state index in [-0.39, 0.29) is 6.61 Å². The predicted octanol–water partition coefficient (Wildman–Crippen LogP) is 2.10. The van der Waals surface area contributed by atoms with Gasteiger partial charge in [-0.25, -0.2) is 4.79 Å². The molecule has 0 aliphatic heterocycles. The van der Waals surface area contributed by atoms with Crippen LogP contribution in [0.2, 0.25) is 0 Å². The second kappa shape index (κ2) is 5.27. The van der Waals surface area contributed by atoms with E-state index in [0.717, 1.165) is 12.8 Å². The number of benzene rings is 1. The molecule has 14 heavy (non-hydrogen) atoms. The fourth-order valence-electron chi connectivity index (χ4n) is 1.19. The predicted molar refractivity (Wildman–Crippen MR) is 53.6 cm³/mol. The SMILES string of the molecule is CCCc1ccc(OCC(=O)O)cc1. The summed E-state index contributed by atoms with van der Waals surface area (Å²) in [6.45, 7) is 1.84. The summed E-state index contributed by atoms with van der Waals surface area (Å²) in [5.41, 5.74) is 1.25. The average Bonchev–Trinajstić information content (AvgIpc) is 2.17. The van der Waals surface area contributed by atoms with Crippen molar-refractivity contribution < 1.29 is 14.6 Å². The van der Waals surface area contributed by atoms with Gasteiger partial charge in [-0.15, -0.1) is 0 Å². The van der Waals surface area contributed by atoms with E-state index >= 15 is 0 Å². The zero-order valence-corrected chi connectivity index (χ0v) is 8.19. The lowest BCUT2D eigenvalue weighted by Gasteiger charge is -2.03. The quantitative estimate of drug-likeness (QED) is 0.780. The molecule has 0 heterocycles. The zero-order valence-electron chi connectivity index (χ0n) is 8.19. The van der Waals surface area contributed by atoms with Gasteiger partial charge in [0.25, 0.3) is 0 Å². The Hall–Kier alpha value is -1.51. The van der Waals surface area contributed by atoms with E-state index in [1.807, 2.05) is 12.1 Å². The van der Waals surface area contributed by atoms with E-state index < -0.39 is 5.97 Å². The third-order valence-corrected chi connectivity index (χ3v) is 1.82. The molecule has 76 valence electrons. The molecule has 0 saturated carbocycles. The lowest BCUT2D eigenvalue weighted by atomic mass is 10.1. The minimum absolute atomic E-state index is 0.285. The Labute approximate surface area is 83.3 Å². The first kappa shape index (κ1) is 10.6. The lowest BCUT2D eigenvalue weighted by Crippen LogP contribution is -2.09. The van der Waals surface area contributed by atoms with Crippen molar-refractivity contribution in [1.82, 2.24) is 0 Å². The molecule has 1 aromatic carbocycles. The van der Waals surface area contributed by atoms with Crippen LogP contribution in [0.4, 0.5) is 0 Å². The summed E-state index contributed by atoms with van der Waals surface area (Å²) in [5.74, 6) is -0.352. The van der Waals surface area contributed by atoms with E-state index in [2.05, 4.69) is 6.92 Å². The summed E-state index contributed by atoms with van der Waals surface area (Å²) in [6, 6.07) is 7.52. The van der Waals surface area contributed by atoms with Crippen molar-refractivity contribution in [1.29, 1.82) is 0 Å². The Morgan fingerprint density at radius 1 is 1.36 bits per heavy atom. The molecule has 1 aromatic rings. The number of aryl methyl sites for hydroxylation is 1. The van der Waals surface area contributed by atoms with Gasteiger partial charge in [0, 0.05) is 0 Å². The number of ether oxygens (including phenoxy) is 1. The minimum Gasteiger partial charge on any atom is -0.482 e. The van der Waals surface area contributed by atoms with Crippen molar-refractivity contribution in [2.45, 2.75) is 19.8 Å². The van der Waals surface area contributed by atoms with Gasteiger partial charge in [-0.3, -0.25) is 0 Å². The van der Waals surface area contributed by atoms with Crippen LogP contribution in [0, 0.1) is 0 Å². The number of carbonyl (C=O) groups is 1. The molecule has 3 heteroatoms. The smallest absolute Gasteiger partial charge is 0.341 e. The molecule has 0 spiro atoms. The van der Waals surface area contributed by atoms with Gasteiger partial charge in [-0.05, 0) is 24.1 Å². The number of carboxylic acid groups (broad SMARTS) is 1. The molecule has 0 radical (unpaired) electrons. The minimum atomic E-state index is -0.956. The van der Waals surface area contributed by atoms with Crippen LogP contribution in [0.5, 0.6) is 5.75 Å². The summed E-state index contributed by atoms with van der Waals surface area (Å²) in [4.78, 5) is 10.2. The van der Waals surface area contributed by atoms with Crippen LogP contribution in [0.3, 0.4) is 0 Å². The molecule has 0 aromatic heterocycles. The lowest BCUT2D eigenvalue weighted by molar-refractivity contribution is -0.139. The molecule has 0 aliphatic carbocycles. The van der Waals surface area contributed by atoms with E-state index in [1.165, 1.54) is 5.56 Å². The average molecular weight is 194 g/mol. The summed E-state index contributed by atoms with van der Waals surface area (Å²) >= 11 is 0. The molecule has 0 fully saturated rings. The first-order valence-electron chi connectivity index (χ1n) is 4.66. The van der Waals surface area contributed by atoms with Crippen molar-refractivity contribution in [3.8, 4) is 5.75 Å². The van der Waals surface area contributed by atoms with Crippen LogP contribution in [0.15, 0.2) is 24.3 Å². The second-order valence-electron chi connectivity index (χ2n) is 3.08. The monoisotopic (exact) mass is 194 g/mol. The molecular weight excluding hydrogens is 180 g/mol. The van der Waals surface area contributed by atoms with Crippen LogP contribution in [-0.2, 0) is 11.2 Å². The van der Waals surface area contributed by atoms with Gasteiger partial charge in [0.05, 0.1) is 0 Å². The van der Waals surface area contributed by atoms with Crippen LogP contribution in [0.1, 0.15) is 18.9 Å².